The van der Waals surface area contributed by atoms with Gasteiger partial charge in [-0.05, 0) is 35.4 Å². The molecule has 0 nitrogen and oxygen atoms in total. The monoisotopic (exact) mass is 294 g/mol. The summed E-state index contributed by atoms with van der Waals surface area (Å²) in [5.41, 5.74) is 4.66. The van der Waals surface area contributed by atoms with Gasteiger partial charge in [0.2, 0.25) is 0 Å². The Kier molecular flexibility index (Phi) is 5.83. The minimum atomic E-state index is 0.127. The van der Waals surface area contributed by atoms with Gasteiger partial charge in [-0.2, -0.15) is 0 Å². The van der Waals surface area contributed by atoms with Gasteiger partial charge in [-0.3, -0.25) is 0 Å². The lowest BCUT2D eigenvalue weighted by Crippen LogP contribution is -2.34. The van der Waals surface area contributed by atoms with Gasteiger partial charge < -0.3 is 0 Å². The molecule has 2 aromatic carbocycles. The molecule has 0 aromatic heterocycles. The molecule has 0 saturated heterocycles. The summed E-state index contributed by atoms with van der Waals surface area (Å²) in [6.45, 7) is 9.34. The highest BCUT2D eigenvalue weighted by atomic mass is 14.4. The van der Waals surface area contributed by atoms with Gasteiger partial charge in [-0.25, -0.2) is 0 Å². The molecule has 0 aliphatic rings. The van der Waals surface area contributed by atoms with E-state index in [0.29, 0.717) is 5.92 Å². The number of benzene rings is 2. The zero-order valence-electron chi connectivity index (χ0n) is 14.6. The highest BCUT2D eigenvalue weighted by Crippen LogP contribution is 2.44. The SMILES string of the molecule is CCCc1ccccc1C(CCC)(c1ccccc1)C(C)C. The Morgan fingerprint density at radius 1 is 0.818 bits per heavy atom. The molecule has 22 heavy (non-hydrogen) atoms. The molecule has 0 heteroatoms. The average molecular weight is 294 g/mol. The van der Waals surface area contributed by atoms with E-state index in [2.05, 4.69) is 82.3 Å². The highest BCUT2D eigenvalue weighted by molar-refractivity contribution is 5.44. The van der Waals surface area contributed by atoms with Crippen molar-refractivity contribution in [3.8, 4) is 0 Å². The van der Waals surface area contributed by atoms with Crippen molar-refractivity contribution in [1.29, 1.82) is 0 Å². The Bertz CT molecular complexity index is 568. The molecule has 0 heterocycles. The van der Waals surface area contributed by atoms with Crippen LogP contribution in [0.1, 0.15) is 63.6 Å². The van der Waals surface area contributed by atoms with Crippen molar-refractivity contribution < 1.29 is 0 Å². The molecule has 2 rings (SSSR count). The lowest BCUT2D eigenvalue weighted by Gasteiger charge is -2.40. The van der Waals surface area contributed by atoms with E-state index in [0.717, 1.165) is 0 Å². The van der Waals surface area contributed by atoms with E-state index < -0.39 is 0 Å². The first-order valence-corrected chi connectivity index (χ1v) is 8.80. The fraction of sp³-hybridized carbons (Fsp3) is 0.455. The quantitative estimate of drug-likeness (QED) is 0.555. The van der Waals surface area contributed by atoms with Crippen LogP contribution in [0.15, 0.2) is 54.6 Å². The van der Waals surface area contributed by atoms with Crippen LogP contribution in [-0.4, -0.2) is 0 Å². The molecule has 1 unspecified atom stereocenters. The summed E-state index contributed by atoms with van der Waals surface area (Å²) in [6, 6.07) is 20.2. The smallest absolute Gasteiger partial charge is 0.0228 e. The maximum absolute atomic E-state index is 2.38. The fourth-order valence-corrected chi connectivity index (χ4v) is 3.94. The van der Waals surface area contributed by atoms with Crippen LogP contribution < -0.4 is 0 Å². The minimum absolute atomic E-state index is 0.127. The Morgan fingerprint density at radius 3 is 2.05 bits per heavy atom. The number of hydrogen-bond donors (Lipinski definition) is 0. The number of hydrogen-bond acceptors (Lipinski definition) is 0. The van der Waals surface area contributed by atoms with Crippen LogP contribution >= 0.6 is 0 Å². The molecule has 0 spiro atoms. The van der Waals surface area contributed by atoms with Crippen LogP contribution in [0.25, 0.3) is 0 Å². The van der Waals surface area contributed by atoms with Gasteiger partial charge in [-0.1, -0.05) is 95.1 Å². The summed E-state index contributed by atoms with van der Waals surface area (Å²) in [5.74, 6) is 0.577. The maximum atomic E-state index is 2.38. The fourth-order valence-electron chi connectivity index (χ4n) is 3.94. The first-order valence-electron chi connectivity index (χ1n) is 8.80. The topological polar surface area (TPSA) is 0 Å². The first-order chi connectivity index (χ1) is 10.7. The van der Waals surface area contributed by atoms with Crippen molar-refractivity contribution in [3.05, 3.63) is 71.3 Å². The standard InChI is InChI=1S/C22H30/c1-5-12-19-13-10-11-16-21(19)22(17-6-2,18(3)4)20-14-8-7-9-15-20/h7-11,13-16,18H,5-6,12,17H2,1-4H3. The van der Waals surface area contributed by atoms with Crippen molar-refractivity contribution in [1.82, 2.24) is 0 Å². The van der Waals surface area contributed by atoms with E-state index in [1.165, 1.54) is 36.8 Å². The van der Waals surface area contributed by atoms with Gasteiger partial charge >= 0.3 is 0 Å². The number of aryl methyl sites for hydroxylation is 1. The first kappa shape index (κ1) is 16.8. The summed E-state index contributed by atoms with van der Waals surface area (Å²) < 4.78 is 0. The molecule has 2 aromatic rings. The van der Waals surface area contributed by atoms with Crippen molar-refractivity contribution in [2.75, 3.05) is 0 Å². The Morgan fingerprint density at radius 2 is 1.45 bits per heavy atom. The maximum Gasteiger partial charge on any atom is 0.0228 e. The van der Waals surface area contributed by atoms with E-state index in [-0.39, 0.29) is 5.41 Å². The summed E-state index contributed by atoms with van der Waals surface area (Å²) in [6.07, 6.45) is 4.77. The molecular weight excluding hydrogens is 264 g/mol. The van der Waals surface area contributed by atoms with Crippen molar-refractivity contribution >= 4 is 0 Å². The van der Waals surface area contributed by atoms with E-state index >= 15 is 0 Å². The van der Waals surface area contributed by atoms with Crippen molar-refractivity contribution in [2.24, 2.45) is 5.92 Å². The molecule has 0 amide bonds. The molecule has 0 saturated carbocycles. The van der Waals surface area contributed by atoms with Crippen molar-refractivity contribution in [2.45, 2.75) is 58.8 Å². The van der Waals surface area contributed by atoms with E-state index in [4.69, 9.17) is 0 Å². The molecule has 0 aliphatic heterocycles. The third-order valence-electron chi connectivity index (χ3n) is 4.94. The summed E-state index contributed by atoms with van der Waals surface area (Å²) in [7, 11) is 0. The Labute approximate surface area is 136 Å². The largest absolute Gasteiger partial charge is 0.0653 e. The molecule has 0 radical (unpaired) electrons. The van der Waals surface area contributed by atoms with Crippen LogP contribution in [-0.2, 0) is 11.8 Å². The summed E-state index contributed by atoms with van der Waals surface area (Å²) >= 11 is 0. The summed E-state index contributed by atoms with van der Waals surface area (Å²) in [4.78, 5) is 0. The molecular formula is C22H30. The van der Waals surface area contributed by atoms with Crippen LogP contribution in [0.5, 0.6) is 0 Å². The van der Waals surface area contributed by atoms with Gasteiger partial charge in [0, 0.05) is 5.41 Å². The second-order valence-electron chi connectivity index (χ2n) is 6.65. The van der Waals surface area contributed by atoms with Gasteiger partial charge in [0.05, 0.1) is 0 Å². The van der Waals surface area contributed by atoms with Crippen LogP contribution in [0.2, 0.25) is 0 Å². The normalized spacial score (nSPS) is 14.0. The minimum Gasteiger partial charge on any atom is -0.0653 e. The predicted octanol–water partition coefficient (Wildman–Crippen LogP) is 6.38. The third-order valence-corrected chi connectivity index (χ3v) is 4.94. The van der Waals surface area contributed by atoms with E-state index in [9.17, 15) is 0 Å². The zero-order valence-corrected chi connectivity index (χ0v) is 14.6. The molecule has 0 aliphatic carbocycles. The van der Waals surface area contributed by atoms with Crippen LogP contribution in [0, 0.1) is 5.92 Å². The molecule has 0 fully saturated rings. The number of rotatable bonds is 7. The Hall–Kier alpha value is -1.56. The van der Waals surface area contributed by atoms with Crippen LogP contribution in [0.4, 0.5) is 0 Å². The van der Waals surface area contributed by atoms with Gasteiger partial charge in [0.25, 0.3) is 0 Å². The average Bonchev–Trinajstić information content (AvgIpc) is 2.54. The molecule has 1 atom stereocenters. The van der Waals surface area contributed by atoms with Gasteiger partial charge in [-0.15, -0.1) is 0 Å². The zero-order chi connectivity index (χ0) is 16.0. The van der Waals surface area contributed by atoms with E-state index in [1.807, 2.05) is 0 Å². The third kappa shape index (κ3) is 3.11. The molecule has 0 N–H and O–H groups in total. The van der Waals surface area contributed by atoms with E-state index in [1.54, 1.807) is 5.56 Å². The Balaban J connectivity index is 2.68. The lowest BCUT2D eigenvalue weighted by molar-refractivity contribution is 0.339. The summed E-state index contributed by atoms with van der Waals surface area (Å²) in [5, 5.41) is 0. The second-order valence-corrected chi connectivity index (χ2v) is 6.65. The van der Waals surface area contributed by atoms with Gasteiger partial charge in [0.1, 0.15) is 0 Å². The second kappa shape index (κ2) is 7.63. The lowest BCUT2D eigenvalue weighted by atomic mass is 9.63. The predicted molar refractivity (Wildman–Crippen MR) is 97.4 cm³/mol. The highest BCUT2D eigenvalue weighted by Gasteiger charge is 2.37. The molecule has 0 bridgehead atoms. The van der Waals surface area contributed by atoms with Gasteiger partial charge in [0.15, 0.2) is 0 Å². The van der Waals surface area contributed by atoms with Crippen molar-refractivity contribution in [3.63, 3.8) is 0 Å². The van der Waals surface area contributed by atoms with Crippen LogP contribution in [0.3, 0.4) is 0 Å². The molecule has 118 valence electrons.